The molecule has 2 N–H and O–H groups in total. The summed E-state index contributed by atoms with van der Waals surface area (Å²) in [6, 6.07) is 12.1. The van der Waals surface area contributed by atoms with E-state index in [-0.39, 0.29) is 12.1 Å². The summed E-state index contributed by atoms with van der Waals surface area (Å²) in [4.78, 5) is 23.6. The second-order valence-electron chi connectivity index (χ2n) is 7.24. The van der Waals surface area contributed by atoms with Gasteiger partial charge >= 0.3 is 12.0 Å². The Morgan fingerprint density at radius 3 is 2.48 bits per heavy atom. The van der Waals surface area contributed by atoms with Gasteiger partial charge in [0.25, 0.3) is 0 Å². The van der Waals surface area contributed by atoms with Crippen molar-refractivity contribution in [2.24, 2.45) is 0 Å². The van der Waals surface area contributed by atoms with Gasteiger partial charge < -0.3 is 20.1 Å². The summed E-state index contributed by atoms with van der Waals surface area (Å²) in [6.45, 7) is 8.40. The monoisotopic (exact) mass is 370 g/mol. The number of urea groups is 1. The van der Waals surface area contributed by atoms with Gasteiger partial charge in [0, 0.05) is 5.69 Å². The van der Waals surface area contributed by atoms with E-state index >= 15 is 0 Å². The standard InChI is InChI=1S/C21H26N2O4/c1-14-9-10-18(17(11-14)21(2,3)4)27-13-22-20(25)23-16-8-6-7-15(12-16)19(24)26-5/h6-12H,13H2,1-5H3,(H2,22,23,25). The molecule has 2 aromatic rings. The fourth-order valence-electron chi connectivity index (χ4n) is 2.55. The fraction of sp³-hybridized carbons (Fsp3) is 0.333. The van der Waals surface area contributed by atoms with Crippen LogP contribution in [0.5, 0.6) is 5.75 Å². The van der Waals surface area contributed by atoms with Crippen LogP contribution in [-0.4, -0.2) is 25.8 Å². The SMILES string of the molecule is COC(=O)c1cccc(NC(=O)NCOc2ccc(C)cc2C(C)(C)C)c1. The van der Waals surface area contributed by atoms with Crippen LogP contribution in [0, 0.1) is 6.92 Å². The average Bonchev–Trinajstić information content (AvgIpc) is 2.61. The van der Waals surface area contributed by atoms with Gasteiger partial charge in [-0.15, -0.1) is 0 Å². The van der Waals surface area contributed by atoms with E-state index in [9.17, 15) is 9.59 Å². The van der Waals surface area contributed by atoms with Crippen LogP contribution in [0.3, 0.4) is 0 Å². The summed E-state index contributed by atoms with van der Waals surface area (Å²) in [7, 11) is 1.31. The first kappa shape index (κ1) is 20.3. The summed E-state index contributed by atoms with van der Waals surface area (Å²) < 4.78 is 10.4. The number of nitrogens with one attached hydrogen (secondary N) is 2. The lowest BCUT2D eigenvalue weighted by Gasteiger charge is -2.23. The highest BCUT2D eigenvalue weighted by atomic mass is 16.5. The molecule has 0 aliphatic heterocycles. The number of rotatable bonds is 5. The van der Waals surface area contributed by atoms with E-state index in [1.807, 2.05) is 19.1 Å². The Labute approximate surface area is 159 Å². The Morgan fingerprint density at radius 1 is 1.07 bits per heavy atom. The number of ether oxygens (including phenoxy) is 2. The number of esters is 1. The van der Waals surface area contributed by atoms with E-state index in [4.69, 9.17) is 4.74 Å². The molecule has 0 unspecified atom stereocenters. The number of aryl methyl sites for hydroxylation is 1. The predicted octanol–water partition coefficient (Wildman–Crippen LogP) is 4.24. The molecule has 2 rings (SSSR count). The van der Waals surface area contributed by atoms with Gasteiger partial charge in [0.2, 0.25) is 0 Å². The van der Waals surface area contributed by atoms with Crippen molar-refractivity contribution in [3.05, 3.63) is 59.2 Å². The van der Waals surface area contributed by atoms with Crippen LogP contribution in [0.1, 0.15) is 42.3 Å². The van der Waals surface area contributed by atoms with E-state index < -0.39 is 12.0 Å². The molecule has 0 saturated heterocycles. The molecular formula is C21H26N2O4. The lowest BCUT2D eigenvalue weighted by Crippen LogP contribution is -2.32. The largest absolute Gasteiger partial charge is 0.473 e. The van der Waals surface area contributed by atoms with Crippen molar-refractivity contribution < 1.29 is 19.1 Å². The fourth-order valence-corrected chi connectivity index (χ4v) is 2.55. The molecule has 2 amide bonds. The molecule has 0 atom stereocenters. The number of methoxy groups -OCH3 is 1. The number of hydrogen-bond donors (Lipinski definition) is 2. The van der Waals surface area contributed by atoms with Gasteiger partial charge in [-0.1, -0.05) is 44.5 Å². The van der Waals surface area contributed by atoms with Crippen molar-refractivity contribution in [1.29, 1.82) is 0 Å². The van der Waals surface area contributed by atoms with Crippen molar-refractivity contribution in [3.63, 3.8) is 0 Å². The summed E-state index contributed by atoms with van der Waals surface area (Å²) >= 11 is 0. The van der Waals surface area contributed by atoms with E-state index in [2.05, 4.69) is 42.2 Å². The van der Waals surface area contributed by atoms with E-state index in [1.54, 1.807) is 24.3 Å². The first-order valence-corrected chi connectivity index (χ1v) is 8.68. The third-order valence-corrected chi connectivity index (χ3v) is 3.95. The van der Waals surface area contributed by atoms with Gasteiger partial charge in [0.15, 0.2) is 6.73 Å². The van der Waals surface area contributed by atoms with Gasteiger partial charge in [-0.2, -0.15) is 0 Å². The van der Waals surface area contributed by atoms with Crippen LogP contribution in [-0.2, 0) is 10.2 Å². The maximum Gasteiger partial charge on any atom is 0.337 e. The molecule has 0 aromatic heterocycles. The minimum absolute atomic E-state index is 0.0225. The maximum absolute atomic E-state index is 12.1. The zero-order chi connectivity index (χ0) is 20.0. The van der Waals surface area contributed by atoms with Crippen molar-refractivity contribution in [2.75, 3.05) is 19.2 Å². The van der Waals surface area contributed by atoms with Crippen molar-refractivity contribution >= 4 is 17.7 Å². The first-order chi connectivity index (χ1) is 12.7. The zero-order valence-electron chi connectivity index (χ0n) is 16.4. The number of benzene rings is 2. The summed E-state index contributed by atoms with van der Waals surface area (Å²) in [5.74, 6) is 0.276. The Kier molecular flexibility index (Phi) is 6.45. The number of amides is 2. The molecule has 0 fully saturated rings. The van der Waals surface area contributed by atoms with Crippen molar-refractivity contribution in [1.82, 2.24) is 5.32 Å². The van der Waals surface area contributed by atoms with Crippen molar-refractivity contribution in [2.45, 2.75) is 33.1 Å². The van der Waals surface area contributed by atoms with Gasteiger partial charge in [0.1, 0.15) is 5.75 Å². The minimum Gasteiger partial charge on any atom is -0.473 e. The van der Waals surface area contributed by atoms with Crippen LogP contribution in [0.15, 0.2) is 42.5 Å². The van der Waals surface area contributed by atoms with E-state index in [0.717, 1.165) is 16.9 Å². The van der Waals surface area contributed by atoms with Gasteiger partial charge in [-0.3, -0.25) is 0 Å². The number of anilines is 1. The molecule has 2 aromatic carbocycles. The molecule has 0 heterocycles. The Balaban J connectivity index is 1.95. The number of carbonyl (C=O) groups is 2. The topological polar surface area (TPSA) is 76.7 Å². The molecule has 27 heavy (non-hydrogen) atoms. The molecule has 6 heteroatoms. The van der Waals surface area contributed by atoms with E-state index in [1.165, 1.54) is 7.11 Å². The Hall–Kier alpha value is -3.02. The molecule has 6 nitrogen and oxygen atoms in total. The molecule has 144 valence electrons. The Bertz CT molecular complexity index is 825. The van der Waals surface area contributed by atoms with Gasteiger partial charge in [0.05, 0.1) is 12.7 Å². The zero-order valence-corrected chi connectivity index (χ0v) is 16.4. The Morgan fingerprint density at radius 2 is 1.81 bits per heavy atom. The normalized spacial score (nSPS) is 10.9. The summed E-state index contributed by atoms with van der Waals surface area (Å²) in [6.07, 6.45) is 0. The molecule has 0 radical (unpaired) electrons. The maximum atomic E-state index is 12.1. The highest BCUT2D eigenvalue weighted by Gasteiger charge is 2.19. The van der Waals surface area contributed by atoms with E-state index in [0.29, 0.717) is 11.3 Å². The van der Waals surface area contributed by atoms with Crippen molar-refractivity contribution in [3.8, 4) is 5.75 Å². The minimum atomic E-state index is -0.462. The summed E-state index contributed by atoms with van der Waals surface area (Å²) in [5.41, 5.74) is 3.01. The van der Waals surface area contributed by atoms with Crippen LogP contribution in [0.25, 0.3) is 0 Å². The summed E-state index contributed by atoms with van der Waals surface area (Å²) in [5, 5.41) is 5.31. The van der Waals surface area contributed by atoms with Gasteiger partial charge in [-0.25, -0.2) is 9.59 Å². The average molecular weight is 370 g/mol. The lowest BCUT2D eigenvalue weighted by atomic mass is 9.85. The molecule has 0 aliphatic carbocycles. The number of hydrogen-bond acceptors (Lipinski definition) is 4. The lowest BCUT2D eigenvalue weighted by molar-refractivity contribution is 0.0600. The highest BCUT2D eigenvalue weighted by Crippen LogP contribution is 2.31. The predicted molar refractivity (Wildman–Crippen MR) is 105 cm³/mol. The smallest absolute Gasteiger partial charge is 0.337 e. The molecule has 0 saturated carbocycles. The molecular weight excluding hydrogens is 344 g/mol. The second kappa shape index (κ2) is 8.58. The van der Waals surface area contributed by atoms with Gasteiger partial charge in [-0.05, 0) is 42.2 Å². The molecule has 0 spiro atoms. The third kappa shape index (κ3) is 5.74. The number of carbonyl (C=O) groups excluding carboxylic acids is 2. The highest BCUT2D eigenvalue weighted by molar-refractivity contribution is 5.93. The third-order valence-electron chi connectivity index (χ3n) is 3.95. The second-order valence-corrected chi connectivity index (χ2v) is 7.24. The van der Waals surface area contributed by atoms with Crippen LogP contribution < -0.4 is 15.4 Å². The quantitative estimate of drug-likeness (QED) is 0.610. The first-order valence-electron chi connectivity index (χ1n) is 8.68. The van der Waals surface area contributed by atoms with Crippen LogP contribution >= 0.6 is 0 Å². The van der Waals surface area contributed by atoms with Crippen LogP contribution in [0.2, 0.25) is 0 Å². The van der Waals surface area contributed by atoms with Crippen LogP contribution in [0.4, 0.5) is 10.5 Å². The molecule has 0 aliphatic rings. The molecule has 0 bridgehead atoms.